The van der Waals surface area contributed by atoms with E-state index in [-0.39, 0.29) is 30.5 Å². The van der Waals surface area contributed by atoms with E-state index in [2.05, 4.69) is 15.8 Å². The van der Waals surface area contributed by atoms with E-state index in [0.717, 1.165) is 5.56 Å². The van der Waals surface area contributed by atoms with E-state index in [1.54, 1.807) is 6.92 Å². The predicted octanol–water partition coefficient (Wildman–Crippen LogP) is 2.89. The third-order valence-corrected chi connectivity index (χ3v) is 3.12. The molecule has 0 bridgehead atoms. The summed E-state index contributed by atoms with van der Waals surface area (Å²) in [6, 6.07) is 14.8. The summed E-state index contributed by atoms with van der Waals surface area (Å²) in [5, 5.41) is 6.54. The van der Waals surface area contributed by atoms with Gasteiger partial charge < -0.3 is 5.32 Å². The molecule has 0 aromatic heterocycles. The molecule has 124 valence electrons. The molecule has 2 aromatic carbocycles. The molecule has 0 heterocycles. The summed E-state index contributed by atoms with van der Waals surface area (Å²) in [7, 11) is 0. The lowest BCUT2D eigenvalue weighted by atomic mass is 10.1. The molecule has 24 heavy (non-hydrogen) atoms. The Morgan fingerprint density at radius 1 is 1.00 bits per heavy atom. The van der Waals surface area contributed by atoms with Crippen LogP contribution in [0, 0.1) is 5.82 Å². The molecule has 2 rings (SSSR count). The van der Waals surface area contributed by atoms with Gasteiger partial charge in [-0.25, -0.2) is 9.82 Å². The van der Waals surface area contributed by atoms with Crippen LogP contribution in [0.2, 0.25) is 0 Å². The number of amides is 2. The Hall–Kier alpha value is -3.02. The van der Waals surface area contributed by atoms with Gasteiger partial charge >= 0.3 is 0 Å². The highest BCUT2D eigenvalue weighted by Crippen LogP contribution is 2.08. The van der Waals surface area contributed by atoms with Gasteiger partial charge in [-0.05, 0) is 36.8 Å². The summed E-state index contributed by atoms with van der Waals surface area (Å²) in [5.41, 5.74) is 4.28. The van der Waals surface area contributed by atoms with Crippen molar-refractivity contribution in [2.45, 2.75) is 19.8 Å². The van der Waals surface area contributed by atoms with Crippen LogP contribution >= 0.6 is 0 Å². The van der Waals surface area contributed by atoms with E-state index in [9.17, 15) is 14.0 Å². The van der Waals surface area contributed by atoms with E-state index in [1.165, 1.54) is 24.3 Å². The van der Waals surface area contributed by atoms with Gasteiger partial charge in [0.15, 0.2) is 0 Å². The molecule has 0 radical (unpaired) electrons. The van der Waals surface area contributed by atoms with Crippen LogP contribution in [0.25, 0.3) is 0 Å². The van der Waals surface area contributed by atoms with Gasteiger partial charge in [-0.3, -0.25) is 9.59 Å². The SMILES string of the molecule is CC(CC(=O)Nc1ccc(F)cc1)=NNC(=O)Cc1ccccc1. The van der Waals surface area contributed by atoms with Crippen molar-refractivity contribution in [1.29, 1.82) is 0 Å². The Bertz CT molecular complexity index is 728. The van der Waals surface area contributed by atoms with Crippen LogP contribution in [0.5, 0.6) is 0 Å². The van der Waals surface area contributed by atoms with Crippen molar-refractivity contribution in [1.82, 2.24) is 5.43 Å². The number of hydrogen-bond donors (Lipinski definition) is 2. The maximum Gasteiger partial charge on any atom is 0.244 e. The van der Waals surface area contributed by atoms with Crippen molar-refractivity contribution in [3.63, 3.8) is 0 Å². The van der Waals surface area contributed by atoms with E-state index in [1.807, 2.05) is 30.3 Å². The van der Waals surface area contributed by atoms with Gasteiger partial charge in [0.2, 0.25) is 11.8 Å². The minimum absolute atomic E-state index is 0.0307. The monoisotopic (exact) mass is 327 g/mol. The van der Waals surface area contributed by atoms with Crippen LogP contribution < -0.4 is 10.7 Å². The number of anilines is 1. The van der Waals surface area contributed by atoms with Gasteiger partial charge in [-0.15, -0.1) is 0 Å². The molecular formula is C18H18FN3O2. The fourth-order valence-corrected chi connectivity index (χ4v) is 1.99. The first-order valence-electron chi connectivity index (χ1n) is 7.44. The van der Waals surface area contributed by atoms with Gasteiger partial charge in [0.1, 0.15) is 5.82 Å². The lowest BCUT2D eigenvalue weighted by Gasteiger charge is -2.05. The molecular weight excluding hydrogens is 309 g/mol. The topological polar surface area (TPSA) is 70.6 Å². The highest BCUT2D eigenvalue weighted by atomic mass is 19.1. The second-order valence-electron chi connectivity index (χ2n) is 5.28. The van der Waals surface area contributed by atoms with Crippen molar-refractivity contribution in [2.75, 3.05) is 5.32 Å². The number of nitrogens with zero attached hydrogens (tertiary/aromatic N) is 1. The first-order valence-corrected chi connectivity index (χ1v) is 7.44. The molecule has 2 N–H and O–H groups in total. The second kappa shape index (κ2) is 8.57. The summed E-state index contributed by atoms with van der Waals surface area (Å²) in [4.78, 5) is 23.6. The van der Waals surface area contributed by atoms with E-state index in [4.69, 9.17) is 0 Å². The molecule has 2 aromatic rings. The standard InChI is InChI=1S/C18H18FN3O2/c1-13(11-17(23)20-16-9-7-15(19)8-10-16)21-22-18(24)12-14-5-3-2-4-6-14/h2-10H,11-12H2,1H3,(H,20,23)(H,22,24). The molecule has 0 spiro atoms. The van der Waals surface area contributed by atoms with Crippen molar-refractivity contribution in [3.05, 3.63) is 66.0 Å². The molecule has 0 fully saturated rings. The van der Waals surface area contributed by atoms with Gasteiger partial charge in [-0.1, -0.05) is 30.3 Å². The highest BCUT2D eigenvalue weighted by molar-refractivity contribution is 6.05. The van der Waals surface area contributed by atoms with Crippen LogP contribution in [0.3, 0.4) is 0 Å². The first kappa shape index (κ1) is 17.3. The summed E-state index contributed by atoms with van der Waals surface area (Å²) < 4.78 is 12.8. The third kappa shape index (κ3) is 6.00. The number of nitrogens with one attached hydrogen (secondary N) is 2. The fourth-order valence-electron chi connectivity index (χ4n) is 1.99. The lowest BCUT2D eigenvalue weighted by molar-refractivity contribution is -0.120. The number of halogens is 1. The average Bonchev–Trinajstić information content (AvgIpc) is 2.56. The molecule has 0 aliphatic carbocycles. The van der Waals surface area contributed by atoms with E-state index >= 15 is 0 Å². The van der Waals surface area contributed by atoms with Crippen molar-refractivity contribution >= 4 is 23.2 Å². The van der Waals surface area contributed by atoms with E-state index < -0.39 is 0 Å². The quantitative estimate of drug-likeness (QED) is 0.632. The minimum Gasteiger partial charge on any atom is -0.326 e. The zero-order valence-electron chi connectivity index (χ0n) is 13.3. The maximum atomic E-state index is 12.8. The Morgan fingerprint density at radius 3 is 2.33 bits per heavy atom. The zero-order valence-corrected chi connectivity index (χ0v) is 13.3. The molecule has 0 saturated carbocycles. The van der Waals surface area contributed by atoms with Gasteiger partial charge in [0, 0.05) is 11.4 Å². The Balaban J connectivity index is 1.79. The average molecular weight is 327 g/mol. The number of benzene rings is 2. The van der Waals surface area contributed by atoms with Gasteiger partial charge in [0.25, 0.3) is 0 Å². The first-order chi connectivity index (χ1) is 11.5. The predicted molar refractivity (Wildman–Crippen MR) is 91.0 cm³/mol. The number of rotatable bonds is 6. The molecule has 0 atom stereocenters. The smallest absolute Gasteiger partial charge is 0.244 e. The summed E-state index contributed by atoms with van der Waals surface area (Å²) in [6.45, 7) is 1.65. The van der Waals surface area contributed by atoms with Crippen molar-refractivity contribution < 1.29 is 14.0 Å². The number of hydrazone groups is 1. The summed E-state index contributed by atoms with van der Waals surface area (Å²) >= 11 is 0. The maximum absolute atomic E-state index is 12.8. The fraction of sp³-hybridized carbons (Fsp3) is 0.167. The Labute approximate surface area is 139 Å². The molecule has 5 nitrogen and oxygen atoms in total. The van der Waals surface area contributed by atoms with Crippen LogP contribution in [0.15, 0.2) is 59.7 Å². The van der Waals surface area contributed by atoms with Crippen LogP contribution in [0.1, 0.15) is 18.9 Å². The number of hydrogen-bond acceptors (Lipinski definition) is 3. The second-order valence-corrected chi connectivity index (χ2v) is 5.28. The Morgan fingerprint density at radius 2 is 1.67 bits per heavy atom. The highest BCUT2D eigenvalue weighted by Gasteiger charge is 2.06. The normalized spacial score (nSPS) is 11.0. The van der Waals surface area contributed by atoms with Crippen molar-refractivity contribution in [2.24, 2.45) is 5.10 Å². The van der Waals surface area contributed by atoms with Crippen LogP contribution in [-0.2, 0) is 16.0 Å². The molecule has 0 saturated heterocycles. The van der Waals surface area contributed by atoms with E-state index in [0.29, 0.717) is 11.4 Å². The zero-order chi connectivity index (χ0) is 17.4. The Kier molecular flexibility index (Phi) is 6.19. The molecule has 0 unspecified atom stereocenters. The molecule has 6 heteroatoms. The van der Waals surface area contributed by atoms with Crippen molar-refractivity contribution in [3.8, 4) is 0 Å². The van der Waals surface area contributed by atoms with Crippen LogP contribution in [-0.4, -0.2) is 17.5 Å². The molecule has 2 amide bonds. The number of carbonyl (C=O) groups excluding carboxylic acids is 2. The minimum atomic E-state index is -0.369. The van der Waals surface area contributed by atoms with Crippen LogP contribution in [0.4, 0.5) is 10.1 Å². The lowest BCUT2D eigenvalue weighted by Crippen LogP contribution is -2.22. The molecule has 0 aliphatic rings. The largest absolute Gasteiger partial charge is 0.326 e. The molecule has 0 aliphatic heterocycles. The number of carbonyl (C=O) groups is 2. The third-order valence-electron chi connectivity index (χ3n) is 3.12. The summed E-state index contributed by atoms with van der Waals surface area (Å²) in [6.07, 6.45) is 0.252. The van der Waals surface area contributed by atoms with Gasteiger partial charge in [0.05, 0.1) is 12.8 Å². The van der Waals surface area contributed by atoms with Gasteiger partial charge in [-0.2, -0.15) is 5.10 Å². The summed E-state index contributed by atoms with van der Waals surface area (Å²) in [5.74, 6) is -0.911.